The lowest BCUT2D eigenvalue weighted by Crippen LogP contribution is -2.48. The Morgan fingerprint density at radius 2 is 1.81 bits per heavy atom. The molecule has 0 aliphatic carbocycles. The molecule has 0 aliphatic rings. The van der Waals surface area contributed by atoms with Gasteiger partial charge in [-0.2, -0.15) is 5.10 Å². The molecule has 0 bridgehead atoms. The van der Waals surface area contributed by atoms with Crippen LogP contribution >= 0.6 is 11.6 Å². The van der Waals surface area contributed by atoms with Crippen molar-refractivity contribution >= 4 is 35.6 Å². The smallest absolute Gasteiger partial charge is 0.341 e. The topological polar surface area (TPSA) is 126 Å². The number of amides is 2. The maximum Gasteiger partial charge on any atom is 0.341 e. The summed E-state index contributed by atoms with van der Waals surface area (Å²) in [6.07, 6.45) is 1.39. The minimum Gasteiger partial charge on any atom is -0.493 e. The SMILES string of the molecule is COc1cc(/C=N\NC(=O)C(NC(=O)c2ccc(Cl)cc2)C(C)C)ccc1OCC(=O)O. The molecule has 32 heavy (non-hydrogen) atoms. The third-order valence-electron chi connectivity index (χ3n) is 4.27. The van der Waals surface area contributed by atoms with Crippen LogP contribution in [-0.4, -0.2) is 48.9 Å². The Kier molecular flexibility index (Phi) is 9.03. The van der Waals surface area contributed by atoms with E-state index in [4.69, 9.17) is 26.2 Å². The fourth-order valence-electron chi connectivity index (χ4n) is 2.62. The average Bonchev–Trinajstić information content (AvgIpc) is 2.76. The minimum atomic E-state index is -1.11. The molecule has 0 spiro atoms. The predicted octanol–water partition coefficient (Wildman–Crippen LogP) is 2.72. The summed E-state index contributed by atoms with van der Waals surface area (Å²) in [6, 6.07) is 10.3. The molecule has 0 heterocycles. The van der Waals surface area contributed by atoms with Gasteiger partial charge in [0.1, 0.15) is 6.04 Å². The summed E-state index contributed by atoms with van der Waals surface area (Å²) in [5.41, 5.74) is 3.38. The first-order valence-electron chi connectivity index (χ1n) is 9.63. The lowest BCUT2D eigenvalue weighted by molar-refractivity contribution is -0.139. The molecular weight excluding hydrogens is 438 g/mol. The van der Waals surface area contributed by atoms with Crippen molar-refractivity contribution in [1.82, 2.24) is 10.7 Å². The van der Waals surface area contributed by atoms with E-state index in [0.29, 0.717) is 21.9 Å². The fourth-order valence-corrected chi connectivity index (χ4v) is 2.75. The van der Waals surface area contributed by atoms with E-state index in [2.05, 4.69) is 15.8 Å². The van der Waals surface area contributed by atoms with Gasteiger partial charge < -0.3 is 19.9 Å². The highest BCUT2D eigenvalue weighted by Gasteiger charge is 2.24. The Balaban J connectivity index is 2.02. The number of nitrogens with zero attached hydrogens (tertiary/aromatic N) is 1. The Morgan fingerprint density at radius 3 is 2.41 bits per heavy atom. The number of halogens is 1. The second kappa shape index (κ2) is 11.7. The standard InChI is InChI=1S/C22H24ClN3O6/c1-13(2)20(25-21(29)15-5-7-16(23)8-6-15)22(30)26-24-11-14-4-9-17(18(10-14)31-3)32-12-19(27)28/h4-11,13,20H,12H2,1-3H3,(H,25,29)(H,26,30)(H,27,28)/b24-11-. The fraction of sp³-hybridized carbons (Fsp3) is 0.273. The van der Waals surface area contributed by atoms with Crippen LogP contribution in [0.15, 0.2) is 47.6 Å². The highest BCUT2D eigenvalue weighted by Crippen LogP contribution is 2.27. The van der Waals surface area contributed by atoms with Gasteiger partial charge in [0.2, 0.25) is 0 Å². The number of rotatable bonds is 10. The van der Waals surface area contributed by atoms with Crippen molar-refractivity contribution in [2.24, 2.45) is 11.0 Å². The van der Waals surface area contributed by atoms with E-state index in [9.17, 15) is 14.4 Å². The van der Waals surface area contributed by atoms with Gasteiger partial charge in [-0.05, 0) is 53.9 Å². The van der Waals surface area contributed by atoms with Crippen LogP contribution in [0, 0.1) is 5.92 Å². The molecule has 0 aromatic heterocycles. The van der Waals surface area contributed by atoms with Gasteiger partial charge in [0, 0.05) is 10.6 Å². The van der Waals surface area contributed by atoms with Gasteiger partial charge in [0.05, 0.1) is 13.3 Å². The lowest BCUT2D eigenvalue weighted by atomic mass is 10.0. The van der Waals surface area contributed by atoms with Gasteiger partial charge in [0.25, 0.3) is 11.8 Å². The number of hydrogen-bond donors (Lipinski definition) is 3. The van der Waals surface area contributed by atoms with Crippen LogP contribution < -0.4 is 20.2 Å². The molecule has 0 saturated carbocycles. The van der Waals surface area contributed by atoms with Crippen molar-refractivity contribution in [1.29, 1.82) is 0 Å². The number of hydrogen-bond acceptors (Lipinski definition) is 6. The first-order chi connectivity index (χ1) is 15.2. The summed E-state index contributed by atoms with van der Waals surface area (Å²) >= 11 is 5.84. The summed E-state index contributed by atoms with van der Waals surface area (Å²) in [5.74, 6) is -1.60. The number of carbonyl (C=O) groups excluding carboxylic acids is 2. The maximum absolute atomic E-state index is 12.6. The summed E-state index contributed by atoms with van der Waals surface area (Å²) in [7, 11) is 1.42. The van der Waals surface area contributed by atoms with Crippen molar-refractivity contribution < 1.29 is 29.0 Å². The minimum absolute atomic E-state index is 0.188. The molecule has 10 heteroatoms. The van der Waals surface area contributed by atoms with Crippen molar-refractivity contribution in [2.75, 3.05) is 13.7 Å². The maximum atomic E-state index is 12.6. The summed E-state index contributed by atoms with van der Waals surface area (Å²) in [5, 5.41) is 15.9. The first kappa shape index (κ1) is 24.7. The molecule has 1 unspecified atom stereocenters. The van der Waals surface area contributed by atoms with Gasteiger partial charge >= 0.3 is 5.97 Å². The van der Waals surface area contributed by atoms with Crippen molar-refractivity contribution in [3.63, 3.8) is 0 Å². The number of aliphatic carboxylic acids is 1. The van der Waals surface area contributed by atoms with E-state index in [1.165, 1.54) is 19.4 Å². The quantitative estimate of drug-likeness (QED) is 0.369. The van der Waals surface area contributed by atoms with Gasteiger partial charge in [-0.1, -0.05) is 25.4 Å². The van der Waals surface area contributed by atoms with Gasteiger partial charge in [-0.25, -0.2) is 10.2 Å². The summed E-state index contributed by atoms with van der Waals surface area (Å²) in [4.78, 5) is 35.6. The van der Waals surface area contributed by atoms with Crippen LogP contribution in [0.4, 0.5) is 0 Å². The van der Waals surface area contributed by atoms with E-state index in [0.717, 1.165) is 0 Å². The highest BCUT2D eigenvalue weighted by molar-refractivity contribution is 6.30. The number of benzene rings is 2. The predicted molar refractivity (Wildman–Crippen MR) is 119 cm³/mol. The third-order valence-corrected chi connectivity index (χ3v) is 4.52. The number of nitrogens with one attached hydrogen (secondary N) is 2. The lowest BCUT2D eigenvalue weighted by Gasteiger charge is -2.20. The number of carboxylic acids is 1. The highest BCUT2D eigenvalue weighted by atomic mass is 35.5. The van der Waals surface area contributed by atoms with Crippen molar-refractivity contribution in [3.05, 3.63) is 58.6 Å². The molecule has 170 valence electrons. The number of methoxy groups -OCH3 is 1. The van der Waals surface area contributed by atoms with Crippen LogP contribution in [0.2, 0.25) is 5.02 Å². The molecule has 1 atom stereocenters. The molecule has 3 N–H and O–H groups in total. The van der Waals surface area contributed by atoms with E-state index in [1.54, 1.807) is 50.2 Å². The van der Waals surface area contributed by atoms with Crippen molar-refractivity contribution in [3.8, 4) is 11.5 Å². The van der Waals surface area contributed by atoms with Gasteiger partial charge in [0.15, 0.2) is 18.1 Å². The Morgan fingerprint density at radius 1 is 1.12 bits per heavy atom. The molecule has 2 aromatic rings. The molecular formula is C22H24ClN3O6. The number of hydrazone groups is 1. The molecule has 0 aliphatic heterocycles. The Labute approximate surface area is 190 Å². The monoisotopic (exact) mass is 461 g/mol. The molecule has 2 rings (SSSR count). The zero-order valence-corrected chi connectivity index (χ0v) is 18.6. The van der Waals surface area contributed by atoms with Crippen LogP contribution in [0.3, 0.4) is 0 Å². The second-order valence-corrected chi connectivity index (χ2v) is 7.47. The second-order valence-electron chi connectivity index (χ2n) is 7.03. The number of carbonyl (C=O) groups is 3. The van der Waals surface area contributed by atoms with Crippen LogP contribution in [0.1, 0.15) is 29.8 Å². The summed E-state index contributed by atoms with van der Waals surface area (Å²) in [6.45, 7) is 3.10. The normalized spacial score (nSPS) is 11.8. The third kappa shape index (κ3) is 7.28. The zero-order chi connectivity index (χ0) is 23.7. The van der Waals surface area contributed by atoms with Gasteiger partial charge in [-0.3, -0.25) is 9.59 Å². The Hall–Kier alpha value is -3.59. The van der Waals surface area contributed by atoms with E-state index in [1.807, 2.05) is 0 Å². The molecule has 9 nitrogen and oxygen atoms in total. The number of ether oxygens (including phenoxy) is 2. The van der Waals surface area contributed by atoms with E-state index >= 15 is 0 Å². The molecule has 2 amide bonds. The summed E-state index contributed by atoms with van der Waals surface area (Å²) < 4.78 is 10.3. The van der Waals surface area contributed by atoms with Crippen LogP contribution in [-0.2, 0) is 9.59 Å². The van der Waals surface area contributed by atoms with Crippen LogP contribution in [0.5, 0.6) is 11.5 Å². The molecule has 0 saturated heterocycles. The van der Waals surface area contributed by atoms with Crippen LogP contribution in [0.25, 0.3) is 0 Å². The number of carboxylic acid groups (broad SMARTS) is 1. The van der Waals surface area contributed by atoms with Crippen molar-refractivity contribution in [2.45, 2.75) is 19.9 Å². The van der Waals surface area contributed by atoms with E-state index in [-0.39, 0.29) is 11.7 Å². The molecule has 0 radical (unpaired) electrons. The first-order valence-corrected chi connectivity index (χ1v) is 10.0. The molecule has 2 aromatic carbocycles. The molecule has 0 fully saturated rings. The Bertz CT molecular complexity index is 992. The van der Waals surface area contributed by atoms with Gasteiger partial charge in [-0.15, -0.1) is 0 Å². The van der Waals surface area contributed by atoms with E-state index < -0.39 is 30.4 Å². The zero-order valence-electron chi connectivity index (χ0n) is 17.8. The average molecular weight is 462 g/mol. The largest absolute Gasteiger partial charge is 0.493 e.